The van der Waals surface area contributed by atoms with Crippen molar-refractivity contribution < 1.29 is 9.59 Å². The van der Waals surface area contributed by atoms with E-state index in [4.69, 9.17) is 5.73 Å². The Labute approximate surface area is 142 Å². The highest BCUT2D eigenvalue weighted by molar-refractivity contribution is 7.20. The zero-order chi connectivity index (χ0) is 17.3. The second kappa shape index (κ2) is 6.29. The van der Waals surface area contributed by atoms with Gasteiger partial charge in [0.05, 0.1) is 11.3 Å². The summed E-state index contributed by atoms with van der Waals surface area (Å²) < 4.78 is 1.50. The number of carbonyl (C=O) groups is 2. The first-order chi connectivity index (χ1) is 11.5. The SMILES string of the molecule is Cc1cc(C(=O)Nc2sc(-c3ccccc3)cc2C(N)=O)n(C)n1. The monoisotopic (exact) mass is 340 g/mol. The smallest absolute Gasteiger partial charge is 0.274 e. The third kappa shape index (κ3) is 3.07. The summed E-state index contributed by atoms with van der Waals surface area (Å²) in [5.74, 6) is -0.910. The molecule has 2 aromatic heterocycles. The van der Waals surface area contributed by atoms with Crippen LogP contribution in [0.25, 0.3) is 10.4 Å². The molecule has 3 aromatic rings. The molecule has 24 heavy (non-hydrogen) atoms. The first kappa shape index (κ1) is 15.9. The van der Waals surface area contributed by atoms with E-state index < -0.39 is 5.91 Å². The van der Waals surface area contributed by atoms with Crippen LogP contribution in [0.3, 0.4) is 0 Å². The van der Waals surface area contributed by atoms with Gasteiger partial charge in [0, 0.05) is 11.9 Å². The third-order valence-electron chi connectivity index (χ3n) is 3.52. The Bertz CT molecular complexity index is 912. The molecule has 0 unspecified atom stereocenters. The normalized spacial score (nSPS) is 10.6. The van der Waals surface area contributed by atoms with E-state index in [0.717, 1.165) is 16.1 Å². The number of thiophene rings is 1. The van der Waals surface area contributed by atoms with E-state index in [1.807, 2.05) is 37.3 Å². The van der Waals surface area contributed by atoms with Gasteiger partial charge in [-0.1, -0.05) is 30.3 Å². The van der Waals surface area contributed by atoms with Crippen LogP contribution < -0.4 is 11.1 Å². The highest BCUT2D eigenvalue weighted by Crippen LogP contribution is 2.35. The van der Waals surface area contributed by atoms with E-state index in [2.05, 4.69) is 10.4 Å². The number of benzene rings is 1. The molecule has 0 aliphatic rings. The van der Waals surface area contributed by atoms with Crippen LogP contribution in [0.15, 0.2) is 42.5 Å². The third-order valence-corrected chi connectivity index (χ3v) is 4.62. The number of hydrogen-bond donors (Lipinski definition) is 2. The van der Waals surface area contributed by atoms with Crippen molar-refractivity contribution in [3.63, 3.8) is 0 Å². The van der Waals surface area contributed by atoms with E-state index in [1.54, 1.807) is 19.2 Å². The summed E-state index contributed by atoms with van der Waals surface area (Å²) in [6, 6.07) is 13.0. The lowest BCUT2D eigenvalue weighted by Gasteiger charge is -2.04. The molecule has 3 N–H and O–H groups in total. The molecule has 0 fully saturated rings. The molecule has 0 spiro atoms. The van der Waals surface area contributed by atoms with Gasteiger partial charge in [-0.25, -0.2) is 0 Å². The van der Waals surface area contributed by atoms with Crippen molar-refractivity contribution in [1.29, 1.82) is 0 Å². The predicted molar refractivity (Wildman–Crippen MR) is 94.2 cm³/mol. The molecular formula is C17H16N4O2S. The van der Waals surface area contributed by atoms with Gasteiger partial charge in [-0.05, 0) is 24.6 Å². The van der Waals surface area contributed by atoms with Gasteiger partial charge in [0.2, 0.25) is 0 Å². The number of nitrogens with one attached hydrogen (secondary N) is 1. The number of nitrogens with two attached hydrogens (primary N) is 1. The first-order valence-electron chi connectivity index (χ1n) is 7.26. The molecule has 7 heteroatoms. The van der Waals surface area contributed by atoms with Gasteiger partial charge < -0.3 is 11.1 Å². The van der Waals surface area contributed by atoms with E-state index in [0.29, 0.717) is 16.3 Å². The van der Waals surface area contributed by atoms with Gasteiger partial charge in [-0.3, -0.25) is 14.3 Å². The van der Waals surface area contributed by atoms with Crippen LogP contribution in [0.2, 0.25) is 0 Å². The van der Waals surface area contributed by atoms with Gasteiger partial charge >= 0.3 is 0 Å². The van der Waals surface area contributed by atoms with Gasteiger partial charge in [0.1, 0.15) is 10.7 Å². The average Bonchev–Trinajstić information content (AvgIpc) is 3.11. The Morgan fingerprint density at radius 2 is 1.92 bits per heavy atom. The molecule has 122 valence electrons. The Kier molecular flexibility index (Phi) is 4.18. The van der Waals surface area contributed by atoms with Gasteiger partial charge in [0.15, 0.2) is 0 Å². The predicted octanol–water partition coefficient (Wildman–Crippen LogP) is 2.81. The summed E-state index contributed by atoms with van der Waals surface area (Å²) in [5.41, 5.74) is 7.87. The maximum absolute atomic E-state index is 12.5. The van der Waals surface area contributed by atoms with Crippen LogP contribution in [-0.2, 0) is 7.05 Å². The Morgan fingerprint density at radius 1 is 1.21 bits per heavy atom. The summed E-state index contributed by atoms with van der Waals surface area (Å²) in [4.78, 5) is 25.0. The molecule has 6 nitrogen and oxygen atoms in total. The molecule has 0 atom stereocenters. The summed E-state index contributed by atoms with van der Waals surface area (Å²) in [6.07, 6.45) is 0. The molecule has 2 amide bonds. The molecular weight excluding hydrogens is 324 g/mol. The van der Waals surface area contributed by atoms with Crippen LogP contribution in [0.1, 0.15) is 26.5 Å². The van der Waals surface area contributed by atoms with Crippen molar-refractivity contribution in [1.82, 2.24) is 9.78 Å². The maximum atomic E-state index is 12.5. The molecule has 0 radical (unpaired) electrons. The lowest BCUT2D eigenvalue weighted by Crippen LogP contribution is -2.18. The molecule has 0 saturated heterocycles. The molecule has 1 aromatic carbocycles. The van der Waals surface area contributed by atoms with Crippen molar-refractivity contribution in [3.8, 4) is 10.4 Å². The molecule has 0 bridgehead atoms. The Balaban J connectivity index is 1.95. The molecule has 0 aliphatic heterocycles. The topological polar surface area (TPSA) is 90.0 Å². The van der Waals surface area contributed by atoms with Crippen molar-refractivity contribution >= 4 is 28.2 Å². The van der Waals surface area contributed by atoms with Crippen LogP contribution >= 0.6 is 11.3 Å². The lowest BCUT2D eigenvalue weighted by atomic mass is 10.1. The summed E-state index contributed by atoms with van der Waals surface area (Å²) in [7, 11) is 1.70. The van der Waals surface area contributed by atoms with Crippen molar-refractivity contribution in [2.75, 3.05) is 5.32 Å². The van der Waals surface area contributed by atoms with Crippen LogP contribution in [0, 0.1) is 6.92 Å². The number of primary amides is 1. The number of rotatable bonds is 4. The quantitative estimate of drug-likeness (QED) is 0.765. The van der Waals surface area contributed by atoms with E-state index >= 15 is 0 Å². The number of nitrogens with zero attached hydrogens (tertiary/aromatic N) is 2. The summed E-state index contributed by atoms with van der Waals surface area (Å²) >= 11 is 1.31. The van der Waals surface area contributed by atoms with E-state index in [1.165, 1.54) is 16.0 Å². The lowest BCUT2D eigenvalue weighted by molar-refractivity contribution is 0.100. The second-order valence-corrected chi connectivity index (χ2v) is 6.38. The van der Waals surface area contributed by atoms with Crippen molar-refractivity contribution in [3.05, 3.63) is 59.4 Å². The zero-order valence-electron chi connectivity index (χ0n) is 13.2. The van der Waals surface area contributed by atoms with E-state index in [-0.39, 0.29) is 5.91 Å². The number of hydrogen-bond acceptors (Lipinski definition) is 4. The fraction of sp³-hybridized carbons (Fsp3) is 0.118. The Morgan fingerprint density at radius 3 is 2.50 bits per heavy atom. The highest BCUT2D eigenvalue weighted by atomic mass is 32.1. The highest BCUT2D eigenvalue weighted by Gasteiger charge is 2.19. The minimum Gasteiger partial charge on any atom is -0.366 e. The van der Waals surface area contributed by atoms with Gasteiger partial charge in [-0.2, -0.15) is 5.10 Å². The van der Waals surface area contributed by atoms with Crippen LogP contribution in [0.5, 0.6) is 0 Å². The summed E-state index contributed by atoms with van der Waals surface area (Å²) in [6.45, 7) is 1.81. The second-order valence-electron chi connectivity index (χ2n) is 5.33. The van der Waals surface area contributed by atoms with Crippen LogP contribution in [-0.4, -0.2) is 21.6 Å². The standard InChI is InChI=1S/C17H16N4O2S/c1-10-8-13(21(2)20-10)16(23)19-17-12(15(18)22)9-14(24-17)11-6-4-3-5-7-11/h3-9H,1-2H3,(H2,18,22)(H,19,23). The number of aryl methyl sites for hydroxylation is 2. The number of anilines is 1. The minimum absolute atomic E-state index is 0.297. The number of carbonyl (C=O) groups excluding carboxylic acids is 2. The molecule has 0 saturated carbocycles. The van der Waals surface area contributed by atoms with Crippen LogP contribution in [0.4, 0.5) is 5.00 Å². The number of amides is 2. The fourth-order valence-corrected chi connectivity index (χ4v) is 3.47. The fourth-order valence-electron chi connectivity index (χ4n) is 2.40. The van der Waals surface area contributed by atoms with E-state index in [9.17, 15) is 9.59 Å². The van der Waals surface area contributed by atoms with Gasteiger partial charge in [-0.15, -0.1) is 11.3 Å². The molecule has 0 aliphatic carbocycles. The minimum atomic E-state index is -0.579. The average molecular weight is 340 g/mol. The van der Waals surface area contributed by atoms with Crippen molar-refractivity contribution in [2.45, 2.75) is 6.92 Å². The first-order valence-corrected chi connectivity index (χ1v) is 8.08. The maximum Gasteiger partial charge on any atom is 0.274 e. The Hall–Kier alpha value is -2.93. The summed E-state index contributed by atoms with van der Waals surface area (Å²) in [5, 5.41) is 7.36. The zero-order valence-corrected chi connectivity index (χ0v) is 14.1. The molecule has 3 rings (SSSR count). The largest absolute Gasteiger partial charge is 0.366 e. The van der Waals surface area contributed by atoms with Crippen molar-refractivity contribution in [2.24, 2.45) is 12.8 Å². The number of aromatic nitrogens is 2. The molecule has 2 heterocycles. The van der Waals surface area contributed by atoms with Gasteiger partial charge in [0.25, 0.3) is 11.8 Å².